The van der Waals surface area contributed by atoms with Crippen LogP contribution in [-0.4, -0.2) is 30.2 Å². The average Bonchev–Trinajstić information content (AvgIpc) is 2.65. The fraction of sp³-hybridized carbons (Fsp3) is 0.957. The van der Waals surface area contributed by atoms with Crippen LogP contribution in [0.1, 0.15) is 124 Å². The Morgan fingerprint density at radius 3 is 1.50 bits per heavy atom. The molecule has 0 heterocycles. The van der Waals surface area contributed by atoms with E-state index in [4.69, 9.17) is 5.73 Å². The minimum Gasteiger partial charge on any atom is -0.291 e. The van der Waals surface area contributed by atoms with E-state index in [1.165, 1.54) is 103 Å². The van der Waals surface area contributed by atoms with E-state index in [2.05, 4.69) is 30.7 Å². The van der Waals surface area contributed by atoms with Gasteiger partial charge in [-0.2, -0.15) is 0 Å². The summed E-state index contributed by atoms with van der Waals surface area (Å²) < 4.78 is 2.37. The van der Waals surface area contributed by atoms with E-state index >= 15 is 0 Å². The van der Waals surface area contributed by atoms with Gasteiger partial charge >= 0.3 is 5.96 Å². The summed E-state index contributed by atoms with van der Waals surface area (Å²) in [5.41, 5.74) is 6.27. The Kier molecular flexibility index (Phi) is 20.0. The molecule has 0 unspecified atom stereocenters. The van der Waals surface area contributed by atoms with Crippen LogP contribution in [0.5, 0.6) is 0 Å². The molecule has 0 rings (SSSR count). The molecule has 0 aliphatic heterocycles. The van der Waals surface area contributed by atoms with Gasteiger partial charge in [-0.3, -0.25) is 15.6 Å². The summed E-state index contributed by atoms with van der Waals surface area (Å²) in [4.78, 5) is 0. The Morgan fingerprint density at radius 1 is 0.577 bits per heavy atom. The van der Waals surface area contributed by atoms with Crippen molar-refractivity contribution in [2.24, 2.45) is 5.73 Å². The Balaban J connectivity index is 3.70. The maximum absolute atomic E-state index is 6.27. The summed E-state index contributed by atoms with van der Waals surface area (Å²) in [6.45, 7) is 9.98. The second-order valence-corrected chi connectivity index (χ2v) is 7.90. The lowest BCUT2D eigenvalue weighted by atomic mass is 10.1. The van der Waals surface area contributed by atoms with Crippen molar-refractivity contribution in [1.29, 1.82) is 0 Å². The molecular formula is C23H50N3+. The summed E-state index contributed by atoms with van der Waals surface area (Å²) in [7, 11) is 0. The van der Waals surface area contributed by atoms with Crippen LogP contribution >= 0.6 is 0 Å². The number of hydrogen-bond donors (Lipinski definition) is 2. The van der Waals surface area contributed by atoms with Crippen molar-refractivity contribution in [2.75, 3.05) is 19.6 Å². The number of rotatable bonds is 19. The lowest BCUT2D eigenvalue weighted by molar-refractivity contribution is -0.531. The standard InChI is InChI=1S/C23H49N3/c1-4-7-10-11-12-13-14-15-16-17-18-19-22-26(21-9-6-3)23(24)25-20-8-5-2/h4-22H2,1-3H3,(H2,24,25)/p+1. The number of nitrogens with one attached hydrogen (secondary N) is 1. The average molecular weight is 369 g/mol. The third kappa shape index (κ3) is 16.7. The monoisotopic (exact) mass is 368 g/mol. The normalized spacial score (nSPS) is 12.3. The first-order valence-electron chi connectivity index (χ1n) is 11.9. The molecule has 0 radical (unpaired) electrons. The van der Waals surface area contributed by atoms with E-state index in [-0.39, 0.29) is 0 Å². The van der Waals surface area contributed by atoms with Gasteiger partial charge in [0.25, 0.3) is 0 Å². The fourth-order valence-corrected chi connectivity index (χ4v) is 3.35. The molecule has 0 aromatic carbocycles. The van der Waals surface area contributed by atoms with Gasteiger partial charge in [0.15, 0.2) is 0 Å². The lowest BCUT2D eigenvalue weighted by Gasteiger charge is -2.11. The molecule has 3 N–H and O–H groups in total. The molecule has 0 fully saturated rings. The molecule has 0 aromatic rings. The van der Waals surface area contributed by atoms with Crippen LogP contribution in [0.2, 0.25) is 0 Å². The highest BCUT2D eigenvalue weighted by atomic mass is 15.2. The summed E-state index contributed by atoms with van der Waals surface area (Å²) in [5.74, 6) is 0.898. The van der Waals surface area contributed by atoms with E-state index < -0.39 is 0 Å². The molecule has 0 aromatic heterocycles. The summed E-state index contributed by atoms with van der Waals surface area (Å²) in [6, 6.07) is 0. The molecule has 0 amide bonds. The fourth-order valence-electron chi connectivity index (χ4n) is 3.35. The quantitative estimate of drug-likeness (QED) is 0.123. The zero-order valence-corrected chi connectivity index (χ0v) is 18.5. The van der Waals surface area contributed by atoms with Gasteiger partial charge in [0.05, 0.1) is 19.6 Å². The summed E-state index contributed by atoms with van der Waals surface area (Å²) in [5, 5.41) is 3.41. The predicted molar refractivity (Wildman–Crippen MR) is 118 cm³/mol. The Bertz CT molecular complexity index is 313. The molecular weight excluding hydrogens is 318 g/mol. The Morgan fingerprint density at radius 2 is 1.00 bits per heavy atom. The number of nitrogens with zero attached hydrogens (tertiary/aromatic N) is 1. The smallest absolute Gasteiger partial charge is 0.291 e. The third-order valence-electron chi connectivity index (χ3n) is 5.24. The maximum Gasteiger partial charge on any atom is 0.343 e. The van der Waals surface area contributed by atoms with Crippen molar-refractivity contribution in [3.8, 4) is 0 Å². The van der Waals surface area contributed by atoms with Crippen molar-refractivity contribution in [1.82, 2.24) is 5.32 Å². The molecule has 0 spiro atoms. The van der Waals surface area contributed by atoms with Gasteiger partial charge in [-0.25, -0.2) is 0 Å². The van der Waals surface area contributed by atoms with Gasteiger partial charge in [-0.15, -0.1) is 0 Å². The number of hydrogen-bond acceptors (Lipinski definition) is 0. The highest BCUT2D eigenvalue weighted by molar-refractivity contribution is 5.72. The van der Waals surface area contributed by atoms with Crippen molar-refractivity contribution in [3.63, 3.8) is 0 Å². The van der Waals surface area contributed by atoms with Gasteiger partial charge in [0, 0.05) is 0 Å². The maximum atomic E-state index is 6.27. The second-order valence-electron chi connectivity index (χ2n) is 7.90. The van der Waals surface area contributed by atoms with Crippen LogP contribution in [0.25, 0.3) is 0 Å². The summed E-state index contributed by atoms with van der Waals surface area (Å²) in [6.07, 6.45) is 21.7. The van der Waals surface area contributed by atoms with Gasteiger partial charge < -0.3 is 0 Å². The SMILES string of the molecule is CCCCCCCCCCCCCC[N+](CCCC)=C(N)NCCCC. The van der Waals surface area contributed by atoms with Crippen LogP contribution in [0, 0.1) is 0 Å². The minimum absolute atomic E-state index is 0.898. The van der Waals surface area contributed by atoms with Crippen molar-refractivity contribution >= 4 is 5.96 Å². The van der Waals surface area contributed by atoms with Gasteiger partial charge in [-0.1, -0.05) is 104 Å². The minimum atomic E-state index is 0.898. The molecule has 0 aliphatic rings. The van der Waals surface area contributed by atoms with E-state index in [9.17, 15) is 0 Å². The van der Waals surface area contributed by atoms with E-state index in [0.717, 1.165) is 25.6 Å². The third-order valence-corrected chi connectivity index (χ3v) is 5.24. The predicted octanol–water partition coefficient (Wildman–Crippen LogP) is 6.20. The van der Waals surface area contributed by atoms with E-state index in [0.29, 0.717) is 0 Å². The van der Waals surface area contributed by atoms with Crippen LogP contribution in [-0.2, 0) is 0 Å². The number of nitrogens with two attached hydrogens (primary N) is 1. The van der Waals surface area contributed by atoms with Crippen LogP contribution < -0.4 is 11.1 Å². The van der Waals surface area contributed by atoms with Gasteiger partial charge in [0.2, 0.25) is 0 Å². The lowest BCUT2D eigenvalue weighted by Crippen LogP contribution is -2.42. The van der Waals surface area contributed by atoms with Crippen LogP contribution in [0.15, 0.2) is 0 Å². The zero-order chi connectivity index (χ0) is 19.3. The van der Waals surface area contributed by atoms with Crippen molar-refractivity contribution in [3.05, 3.63) is 0 Å². The molecule has 0 aliphatic carbocycles. The first kappa shape index (κ1) is 25.3. The largest absolute Gasteiger partial charge is 0.343 e. The first-order chi connectivity index (χ1) is 12.8. The number of guanidine groups is 1. The van der Waals surface area contributed by atoms with Crippen molar-refractivity contribution < 1.29 is 4.58 Å². The van der Waals surface area contributed by atoms with E-state index in [1.807, 2.05) is 0 Å². The van der Waals surface area contributed by atoms with Gasteiger partial charge in [0.1, 0.15) is 0 Å². The number of unbranched alkanes of at least 4 members (excludes halogenated alkanes) is 13. The molecule has 3 heteroatoms. The molecule has 156 valence electrons. The van der Waals surface area contributed by atoms with Crippen LogP contribution in [0.3, 0.4) is 0 Å². The Hall–Kier alpha value is -0.730. The highest BCUT2D eigenvalue weighted by Gasteiger charge is 2.07. The molecule has 0 saturated heterocycles. The molecule has 0 saturated carbocycles. The molecule has 26 heavy (non-hydrogen) atoms. The Labute approximate surface area is 165 Å². The first-order valence-corrected chi connectivity index (χ1v) is 11.9. The molecule has 0 atom stereocenters. The molecule has 0 bridgehead atoms. The van der Waals surface area contributed by atoms with Gasteiger partial charge in [-0.05, 0) is 19.3 Å². The highest BCUT2D eigenvalue weighted by Crippen LogP contribution is 2.11. The zero-order valence-electron chi connectivity index (χ0n) is 18.5. The molecule has 3 nitrogen and oxygen atoms in total. The van der Waals surface area contributed by atoms with E-state index in [1.54, 1.807) is 0 Å². The summed E-state index contributed by atoms with van der Waals surface area (Å²) >= 11 is 0. The van der Waals surface area contributed by atoms with Crippen molar-refractivity contribution in [2.45, 2.75) is 124 Å². The second kappa shape index (κ2) is 20.6. The topological polar surface area (TPSA) is 41.1 Å². The van der Waals surface area contributed by atoms with Crippen LogP contribution in [0.4, 0.5) is 0 Å².